The van der Waals surface area contributed by atoms with Gasteiger partial charge in [0.05, 0.1) is 11.6 Å². The molecule has 0 spiro atoms. The fraction of sp³-hybridized carbons (Fsp3) is 0.415. The molecule has 5 rings (SSSR count). The van der Waals surface area contributed by atoms with Crippen molar-refractivity contribution < 1.29 is 19.2 Å². The molecule has 3 heterocycles. The third-order valence-corrected chi connectivity index (χ3v) is 10.1. The van der Waals surface area contributed by atoms with Crippen LogP contribution in [0.3, 0.4) is 0 Å². The number of rotatable bonds is 16. The lowest BCUT2D eigenvalue weighted by molar-refractivity contribution is -0.121. The molecule has 0 radical (unpaired) electrons. The van der Waals surface area contributed by atoms with E-state index in [0.717, 1.165) is 47.7 Å². The highest BCUT2D eigenvalue weighted by Crippen LogP contribution is 2.32. The monoisotopic (exact) mass is 718 g/mol. The second-order valence-electron chi connectivity index (χ2n) is 13.8. The Hall–Kier alpha value is -5.38. The van der Waals surface area contributed by atoms with Crippen molar-refractivity contribution >= 4 is 52.5 Å². The number of unbranched alkanes of at least 4 members (excludes halogenated alkanes) is 1. The molecule has 12 heteroatoms. The first-order valence-corrected chi connectivity index (χ1v) is 18.2. The first kappa shape index (κ1) is 38.8. The fourth-order valence-electron chi connectivity index (χ4n) is 6.97. The quantitative estimate of drug-likeness (QED) is 0.0580. The number of aldehydes is 2. The first-order chi connectivity index (χ1) is 25.6. The molecule has 1 aromatic carbocycles. The number of hydrogen-bond donors (Lipinski definition) is 5. The predicted molar refractivity (Wildman–Crippen MR) is 209 cm³/mol. The number of nitrogens with one attached hydrogen (secondary N) is 5. The van der Waals surface area contributed by atoms with Crippen molar-refractivity contribution in [2.24, 2.45) is 5.92 Å². The second-order valence-corrected chi connectivity index (χ2v) is 13.8. The number of benzene rings is 1. The van der Waals surface area contributed by atoms with Gasteiger partial charge in [-0.2, -0.15) is 0 Å². The summed E-state index contributed by atoms with van der Waals surface area (Å²) >= 11 is 0. The highest BCUT2D eigenvalue weighted by Gasteiger charge is 2.25. The lowest BCUT2D eigenvalue weighted by atomic mass is 9.87. The van der Waals surface area contributed by atoms with Crippen LogP contribution >= 0.6 is 0 Å². The Morgan fingerprint density at radius 1 is 1.23 bits per heavy atom. The molecule has 1 saturated heterocycles. The van der Waals surface area contributed by atoms with Gasteiger partial charge in [-0.05, 0) is 83.4 Å². The number of aromatic nitrogens is 2. The number of likely N-dealkylation sites (tertiary alicyclic amines) is 1. The minimum absolute atomic E-state index is 0.126. The third-order valence-electron chi connectivity index (χ3n) is 10.1. The van der Waals surface area contributed by atoms with Crippen LogP contribution in [-0.2, 0) is 14.4 Å². The number of carbonyl (C=O) groups excluding carboxylic acids is 4. The molecule has 2 amide bonds. The minimum atomic E-state index is -0.458. The van der Waals surface area contributed by atoms with Crippen LogP contribution in [0.1, 0.15) is 79.5 Å². The summed E-state index contributed by atoms with van der Waals surface area (Å²) in [5.74, 6) is 6.49. The van der Waals surface area contributed by atoms with E-state index in [4.69, 9.17) is 5.41 Å². The maximum atomic E-state index is 13.3. The molecule has 278 valence electrons. The Bertz CT molecular complexity index is 1970. The number of carbonyl (C=O) groups is 4. The van der Waals surface area contributed by atoms with Crippen molar-refractivity contribution in [2.45, 2.75) is 64.0 Å². The van der Waals surface area contributed by atoms with Crippen LogP contribution in [0.5, 0.6) is 0 Å². The number of nitrogens with zero attached hydrogens (tertiary/aromatic N) is 3. The largest absolute Gasteiger partial charge is 0.384 e. The van der Waals surface area contributed by atoms with Gasteiger partial charge in [0.25, 0.3) is 5.91 Å². The van der Waals surface area contributed by atoms with Crippen LogP contribution in [0.25, 0.3) is 10.9 Å². The standard InChI is InChI=1S/C41H50N8O4/c1-27(42)33-16-14-29(41(53)47-39-22-35-31(23-45-39)21-37(46-35)38-13-9-19-48(38)3)20-36(33)44-18-7-5-6-10-28-11-8-12-30(25-50)34(28)24-49(4)32(26-51)15-17-40(52)43-2/h8,12,14,16,20-23,25-26,28,32,38,42,44,46H,5,7,9,11,13,15,17-19,24H2,1-4H3,(H,43,52)(H,45,47,53). The number of fused-ring (bicyclic) bond motifs is 1. The lowest BCUT2D eigenvalue weighted by Gasteiger charge is -2.28. The molecule has 53 heavy (non-hydrogen) atoms. The Balaban J connectivity index is 1.18. The second kappa shape index (κ2) is 18.4. The van der Waals surface area contributed by atoms with E-state index in [0.29, 0.717) is 78.7 Å². The van der Waals surface area contributed by atoms with Crippen molar-refractivity contribution in [3.63, 3.8) is 0 Å². The summed E-state index contributed by atoms with van der Waals surface area (Å²) in [6.45, 7) is 3.76. The maximum Gasteiger partial charge on any atom is 0.256 e. The summed E-state index contributed by atoms with van der Waals surface area (Å²) in [7, 11) is 5.53. The van der Waals surface area contributed by atoms with Crippen LogP contribution in [0.4, 0.5) is 11.5 Å². The van der Waals surface area contributed by atoms with Gasteiger partial charge in [-0.25, -0.2) is 4.98 Å². The summed E-state index contributed by atoms with van der Waals surface area (Å²) in [4.78, 5) is 61.0. The molecule has 12 nitrogen and oxygen atoms in total. The van der Waals surface area contributed by atoms with Crippen LogP contribution < -0.4 is 16.0 Å². The number of hydrogen-bond acceptors (Lipinski definition) is 9. The van der Waals surface area contributed by atoms with Crippen molar-refractivity contribution in [3.05, 3.63) is 76.6 Å². The molecule has 3 aromatic rings. The van der Waals surface area contributed by atoms with E-state index >= 15 is 0 Å². The molecule has 2 aliphatic rings. The van der Waals surface area contributed by atoms with Gasteiger partial charge >= 0.3 is 0 Å². The summed E-state index contributed by atoms with van der Waals surface area (Å²) < 4.78 is 0. The number of H-pyrrole nitrogens is 1. The van der Waals surface area contributed by atoms with Gasteiger partial charge in [-0.3, -0.25) is 24.2 Å². The van der Waals surface area contributed by atoms with Gasteiger partial charge in [-0.1, -0.05) is 24.1 Å². The Morgan fingerprint density at radius 2 is 2.06 bits per heavy atom. The molecule has 5 N–H and O–H groups in total. The number of allylic oxidation sites excluding steroid dienone is 3. The molecule has 0 bridgehead atoms. The molecule has 2 aromatic heterocycles. The topological polar surface area (TPSA) is 163 Å². The number of amides is 2. The number of likely N-dealkylation sites (N-methyl/N-ethyl adjacent to an activating group) is 1. The van der Waals surface area contributed by atoms with Crippen molar-refractivity contribution in [2.75, 3.05) is 51.4 Å². The third kappa shape index (κ3) is 9.94. The predicted octanol–water partition coefficient (Wildman–Crippen LogP) is 5.26. The molecule has 1 fully saturated rings. The summed E-state index contributed by atoms with van der Waals surface area (Å²) in [5, 5.41) is 18.2. The molecular formula is C41H50N8O4. The smallest absolute Gasteiger partial charge is 0.256 e. The van der Waals surface area contributed by atoms with Gasteiger partial charge in [0, 0.05) is 96.4 Å². The highest BCUT2D eigenvalue weighted by molar-refractivity contribution is 6.07. The maximum absolute atomic E-state index is 13.3. The van der Waals surface area contributed by atoms with E-state index in [1.807, 2.05) is 24.1 Å². The molecular weight excluding hydrogens is 669 g/mol. The van der Waals surface area contributed by atoms with Gasteiger partial charge in [0.1, 0.15) is 18.4 Å². The molecule has 3 atom stereocenters. The number of pyridine rings is 1. The summed E-state index contributed by atoms with van der Waals surface area (Å²) in [6.07, 6.45) is 12.1. The van der Waals surface area contributed by atoms with Gasteiger partial charge in [-0.15, -0.1) is 5.92 Å². The van der Waals surface area contributed by atoms with E-state index in [1.165, 1.54) is 6.42 Å². The van der Waals surface area contributed by atoms with Gasteiger partial charge < -0.3 is 31.1 Å². The molecule has 3 unspecified atom stereocenters. The highest BCUT2D eigenvalue weighted by atomic mass is 16.2. The van der Waals surface area contributed by atoms with Crippen molar-refractivity contribution in [1.82, 2.24) is 25.1 Å². The zero-order chi connectivity index (χ0) is 37.9. The van der Waals surface area contributed by atoms with Crippen molar-refractivity contribution in [3.8, 4) is 11.8 Å². The SMILES string of the molecule is CNC(=O)CCC(C=O)N(C)CC1=C(C=O)C=CCC1C#CCCCNc1cc(C(=O)Nc2cc3[nH]c(C4CCCN4C)cc3cn2)ccc1C(C)=N. The van der Waals surface area contributed by atoms with E-state index in [1.54, 1.807) is 44.4 Å². The Morgan fingerprint density at radius 3 is 2.77 bits per heavy atom. The zero-order valence-corrected chi connectivity index (χ0v) is 31.1. The van der Waals surface area contributed by atoms with Crippen LogP contribution in [-0.4, -0.2) is 96.7 Å². The van der Waals surface area contributed by atoms with E-state index < -0.39 is 6.04 Å². The van der Waals surface area contributed by atoms with Crippen LogP contribution in [0, 0.1) is 23.2 Å². The average molecular weight is 719 g/mol. The number of aromatic amines is 1. The summed E-state index contributed by atoms with van der Waals surface area (Å²) in [6, 6.07) is 9.16. The van der Waals surface area contributed by atoms with Gasteiger partial charge in [0.2, 0.25) is 5.91 Å². The average Bonchev–Trinajstić information content (AvgIpc) is 3.78. The molecule has 1 aliphatic heterocycles. The normalized spacial score (nSPS) is 17.7. The zero-order valence-electron chi connectivity index (χ0n) is 31.1. The molecule has 0 saturated carbocycles. The minimum Gasteiger partial charge on any atom is -0.384 e. The fourth-order valence-corrected chi connectivity index (χ4v) is 6.97. The van der Waals surface area contributed by atoms with Gasteiger partial charge in [0.15, 0.2) is 0 Å². The molecule has 1 aliphatic carbocycles. The van der Waals surface area contributed by atoms with E-state index in [9.17, 15) is 19.2 Å². The van der Waals surface area contributed by atoms with E-state index in [2.05, 4.69) is 55.8 Å². The van der Waals surface area contributed by atoms with Crippen LogP contribution in [0.2, 0.25) is 0 Å². The Kier molecular flexibility index (Phi) is 13.5. The summed E-state index contributed by atoms with van der Waals surface area (Å²) in [5.41, 5.74) is 5.76. The number of anilines is 2. The lowest BCUT2D eigenvalue weighted by Crippen LogP contribution is -2.37. The van der Waals surface area contributed by atoms with E-state index in [-0.39, 0.29) is 24.2 Å². The van der Waals surface area contributed by atoms with Crippen molar-refractivity contribution in [1.29, 1.82) is 5.41 Å². The first-order valence-electron chi connectivity index (χ1n) is 18.2. The van der Waals surface area contributed by atoms with Crippen LogP contribution in [0.15, 0.2) is 59.8 Å². The Labute approximate surface area is 311 Å².